The summed E-state index contributed by atoms with van der Waals surface area (Å²) in [5.74, 6) is 1.68. The first kappa shape index (κ1) is 20.6. The van der Waals surface area contributed by atoms with Crippen LogP contribution in [-0.4, -0.2) is 40.7 Å². The highest BCUT2D eigenvalue weighted by molar-refractivity contribution is 6.47. The van der Waals surface area contributed by atoms with Crippen LogP contribution in [0.2, 0.25) is 0 Å². The van der Waals surface area contributed by atoms with Crippen molar-refractivity contribution in [3.05, 3.63) is 52.6 Å². The summed E-state index contributed by atoms with van der Waals surface area (Å²) in [5.41, 5.74) is 1.95. The Labute approximate surface area is 165 Å². The molecule has 2 aromatic rings. The number of hydrogen-bond acceptors (Lipinski definition) is 5. The molecule has 0 saturated heterocycles. The molecular formula is C21H24ClNO4. The Balaban J connectivity index is 2.40. The average molecular weight is 390 g/mol. The van der Waals surface area contributed by atoms with Crippen molar-refractivity contribution in [2.45, 2.75) is 6.92 Å². The van der Waals surface area contributed by atoms with Crippen molar-refractivity contribution in [1.82, 2.24) is 0 Å². The normalized spacial score (nSPS) is 11.1. The topological polar surface area (TPSA) is 48.0 Å². The molecule has 0 bridgehead atoms. The average Bonchev–Trinajstić information content (AvgIpc) is 2.67. The van der Waals surface area contributed by atoms with Crippen LogP contribution in [0.5, 0.6) is 17.2 Å². The van der Waals surface area contributed by atoms with E-state index in [9.17, 15) is 4.79 Å². The molecule has 0 saturated carbocycles. The summed E-state index contributed by atoms with van der Waals surface area (Å²) in [6.45, 7) is 2.46. The van der Waals surface area contributed by atoms with Gasteiger partial charge >= 0.3 is 0 Å². The standard InChI is InChI=1S/C21H24ClNO4/c1-6-27-20-9-7-14(13-18(20)23(2)3)21(24)17(22)12-15-11-16(25-4)8-10-19(15)26-5/h7-13H,6H2,1-5H3. The van der Waals surface area contributed by atoms with E-state index in [1.807, 2.05) is 25.9 Å². The number of ketones is 1. The van der Waals surface area contributed by atoms with E-state index in [1.165, 1.54) is 0 Å². The van der Waals surface area contributed by atoms with E-state index < -0.39 is 0 Å². The van der Waals surface area contributed by atoms with E-state index in [-0.39, 0.29) is 10.8 Å². The second-order valence-electron chi connectivity index (χ2n) is 5.94. The molecule has 0 amide bonds. The lowest BCUT2D eigenvalue weighted by atomic mass is 10.1. The summed E-state index contributed by atoms with van der Waals surface area (Å²) in [5, 5.41) is 0.0791. The maximum Gasteiger partial charge on any atom is 0.204 e. The number of carbonyl (C=O) groups is 1. The minimum absolute atomic E-state index is 0.0791. The van der Waals surface area contributed by atoms with Crippen LogP contribution in [0.25, 0.3) is 6.08 Å². The van der Waals surface area contributed by atoms with E-state index in [2.05, 4.69) is 0 Å². The van der Waals surface area contributed by atoms with Gasteiger partial charge in [0.25, 0.3) is 0 Å². The van der Waals surface area contributed by atoms with Crippen molar-refractivity contribution < 1.29 is 19.0 Å². The molecule has 0 fully saturated rings. The Morgan fingerprint density at radius 1 is 1.07 bits per heavy atom. The van der Waals surface area contributed by atoms with E-state index in [4.69, 9.17) is 25.8 Å². The number of benzene rings is 2. The zero-order chi connectivity index (χ0) is 20.0. The summed E-state index contributed by atoms with van der Waals surface area (Å²) >= 11 is 6.33. The van der Waals surface area contributed by atoms with Crippen molar-refractivity contribution >= 4 is 29.1 Å². The van der Waals surface area contributed by atoms with Crippen LogP contribution in [0.1, 0.15) is 22.8 Å². The molecule has 0 radical (unpaired) electrons. The predicted octanol–water partition coefficient (Wildman–Crippen LogP) is 4.63. The van der Waals surface area contributed by atoms with Gasteiger partial charge in [0.05, 0.1) is 31.5 Å². The van der Waals surface area contributed by atoms with Gasteiger partial charge in [-0.25, -0.2) is 0 Å². The van der Waals surface area contributed by atoms with Crippen molar-refractivity contribution in [1.29, 1.82) is 0 Å². The van der Waals surface area contributed by atoms with Crippen LogP contribution in [0.3, 0.4) is 0 Å². The lowest BCUT2D eigenvalue weighted by Gasteiger charge is -2.18. The molecule has 27 heavy (non-hydrogen) atoms. The maximum absolute atomic E-state index is 12.8. The van der Waals surface area contributed by atoms with Crippen molar-refractivity contribution in [2.24, 2.45) is 0 Å². The number of rotatable bonds is 8. The largest absolute Gasteiger partial charge is 0.497 e. The molecule has 0 aliphatic carbocycles. The van der Waals surface area contributed by atoms with Gasteiger partial charge in [0, 0.05) is 25.2 Å². The molecule has 6 heteroatoms. The molecule has 0 heterocycles. The highest BCUT2D eigenvalue weighted by Crippen LogP contribution is 2.31. The zero-order valence-electron chi connectivity index (χ0n) is 16.2. The van der Waals surface area contributed by atoms with Crippen molar-refractivity contribution in [3.8, 4) is 17.2 Å². The summed E-state index contributed by atoms with van der Waals surface area (Å²) in [4.78, 5) is 14.7. The third-order valence-corrected chi connectivity index (χ3v) is 4.22. The van der Waals surface area contributed by atoms with Crippen LogP contribution >= 0.6 is 11.6 Å². The van der Waals surface area contributed by atoms with Crippen molar-refractivity contribution in [2.75, 3.05) is 39.8 Å². The van der Waals surface area contributed by atoms with E-state index in [0.717, 1.165) is 5.69 Å². The van der Waals surface area contributed by atoms with Gasteiger partial charge in [-0.05, 0) is 49.4 Å². The monoisotopic (exact) mass is 389 g/mol. The molecule has 5 nitrogen and oxygen atoms in total. The Morgan fingerprint density at radius 3 is 2.37 bits per heavy atom. The van der Waals surface area contributed by atoms with E-state index in [1.54, 1.807) is 56.7 Å². The maximum atomic E-state index is 12.8. The van der Waals surface area contributed by atoms with Gasteiger partial charge < -0.3 is 19.1 Å². The Bertz CT molecular complexity index is 846. The number of halogens is 1. The van der Waals surface area contributed by atoms with Gasteiger partial charge in [0.2, 0.25) is 5.78 Å². The fourth-order valence-electron chi connectivity index (χ4n) is 2.58. The molecule has 0 unspecified atom stereocenters. The van der Waals surface area contributed by atoms with Gasteiger partial charge in [0.15, 0.2) is 0 Å². The van der Waals surface area contributed by atoms with Gasteiger partial charge in [-0.1, -0.05) is 11.6 Å². The highest BCUT2D eigenvalue weighted by atomic mass is 35.5. The van der Waals surface area contributed by atoms with E-state index in [0.29, 0.717) is 35.0 Å². The predicted molar refractivity (Wildman–Crippen MR) is 110 cm³/mol. The number of allylic oxidation sites excluding steroid dienone is 1. The molecule has 144 valence electrons. The molecule has 2 rings (SSSR count). The summed E-state index contributed by atoms with van der Waals surface area (Å²) in [6.07, 6.45) is 1.58. The van der Waals surface area contributed by atoms with Crippen molar-refractivity contribution in [3.63, 3.8) is 0 Å². The number of ether oxygens (including phenoxy) is 3. The van der Waals surface area contributed by atoms with Crippen LogP contribution in [-0.2, 0) is 0 Å². The molecule has 0 aromatic heterocycles. The minimum Gasteiger partial charge on any atom is -0.497 e. The third kappa shape index (κ3) is 4.95. The molecule has 0 spiro atoms. The fraction of sp³-hybridized carbons (Fsp3) is 0.286. The third-order valence-electron chi connectivity index (χ3n) is 3.94. The summed E-state index contributed by atoms with van der Waals surface area (Å²) < 4.78 is 16.2. The summed E-state index contributed by atoms with van der Waals surface area (Å²) in [7, 11) is 6.92. The highest BCUT2D eigenvalue weighted by Gasteiger charge is 2.15. The number of carbonyl (C=O) groups excluding carboxylic acids is 1. The number of nitrogens with zero attached hydrogens (tertiary/aromatic N) is 1. The van der Waals surface area contributed by atoms with E-state index >= 15 is 0 Å². The quantitative estimate of drug-likeness (QED) is 0.486. The van der Waals surface area contributed by atoms with Gasteiger partial charge in [-0.3, -0.25) is 4.79 Å². The fourth-order valence-corrected chi connectivity index (χ4v) is 2.80. The molecule has 0 atom stereocenters. The van der Waals surface area contributed by atoms with Crippen LogP contribution in [0.4, 0.5) is 5.69 Å². The van der Waals surface area contributed by atoms with Crippen LogP contribution < -0.4 is 19.1 Å². The Morgan fingerprint density at radius 2 is 1.78 bits per heavy atom. The first-order valence-electron chi connectivity index (χ1n) is 8.49. The summed E-state index contributed by atoms with van der Waals surface area (Å²) in [6, 6.07) is 10.6. The second kappa shape index (κ2) is 9.33. The SMILES string of the molecule is CCOc1ccc(C(=O)C(Cl)=Cc2cc(OC)ccc2OC)cc1N(C)C. The molecule has 0 N–H and O–H groups in total. The second-order valence-corrected chi connectivity index (χ2v) is 6.35. The number of Topliss-reactive ketones (excluding diaryl/α,β-unsaturated/α-hetero) is 1. The molecule has 2 aromatic carbocycles. The minimum atomic E-state index is -0.285. The van der Waals surface area contributed by atoms with Gasteiger partial charge in [0.1, 0.15) is 17.2 Å². The number of methoxy groups -OCH3 is 2. The van der Waals surface area contributed by atoms with Gasteiger partial charge in [-0.15, -0.1) is 0 Å². The van der Waals surface area contributed by atoms with Crippen LogP contribution in [0, 0.1) is 0 Å². The lowest BCUT2D eigenvalue weighted by molar-refractivity contribution is 0.104. The number of hydrogen-bond donors (Lipinski definition) is 0. The number of anilines is 1. The van der Waals surface area contributed by atoms with Crippen LogP contribution in [0.15, 0.2) is 41.4 Å². The van der Waals surface area contributed by atoms with Gasteiger partial charge in [-0.2, -0.15) is 0 Å². The Hall–Kier alpha value is -2.66. The lowest BCUT2D eigenvalue weighted by Crippen LogP contribution is -2.12. The Kier molecular flexibility index (Phi) is 7.13. The first-order valence-corrected chi connectivity index (χ1v) is 8.87. The molecular weight excluding hydrogens is 366 g/mol. The first-order chi connectivity index (χ1) is 12.9. The molecule has 0 aliphatic rings. The smallest absolute Gasteiger partial charge is 0.204 e. The molecule has 0 aliphatic heterocycles. The zero-order valence-corrected chi connectivity index (χ0v) is 17.0.